The van der Waals surface area contributed by atoms with Crippen molar-refractivity contribution in [2.24, 2.45) is 5.84 Å². The number of nitrogens with one attached hydrogen (secondary N) is 1. The van der Waals surface area contributed by atoms with Gasteiger partial charge in [0.15, 0.2) is 0 Å². The van der Waals surface area contributed by atoms with Gasteiger partial charge in [-0.05, 0) is 39.3 Å². The van der Waals surface area contributed by atoms with Crippen LogP contribution in [0.1, 0.15) is 38.9 Å². The molecule has 0 aromatic carbocycles. The fraction of sp³-hybridized carbons (Fsp3) is 0.429. The van der Waals surface area contributed by atoms with E-state index in [1.54, 1.807) is 24.4 Å². The van der Waals surface area contributed by atoms with Crippen LogP contribution in [-0.2, 0) is 0 Å². The van der Waals surface area contributed by atoms with E-state index < -0.39 is 17.7 Å². The van der Waals surface area contributed by atoms with Gasteiger partial charge >= 0.3 is 6.09 Å². The van der Waals surface area contributed by atoms with E-state index in [1.165, 1.54) is 4.90 Å². The van der Waals surface area contributed by atoms with E-state index in [9.17, 15) is 9.90 Å². The average Bonchev–Trinajstić information content (AvgIpc) is 2.36. The Morgan fingerprint density at radius 2 is 2.30 bits per heavy atom. The Morgan fingerprint density at radius 1 is 1.65 bits per heavy atom. The number of anilines is 1. The molecule has 0 fully saturated rings. The lowest BCUT2D eigenvalue weighted by Gasteiger charge is -2.39. The predicted octanol–water partition coefficient (Wildman–Crippen LogP) is 2.76. The highest BCUT2D eigenvalue weighted by Crippen LogP contribution is 2.31. The van der Waals surface area contributed by atoms with Gasteiger partial charge in [0.1, 0.15) is 0 Å². The molecule has 4 N–H and O–H groups in total. The Balaban J connectivity index is 3.26. The molecular formula is C14H22N4O2. The molecule has 110 valence electrons. The van der Waals surface area contributed by atoms with E-state index >= 15 is 0 Å². The summed E-state index contributed by atoms with van der Waals surface area (Å²) in [6.45, 7) is 9.25. The van der Waals surface area contributed by atoms with Gasteiger partial charge in [-0.3, -0.25) is 15.7 Å². The number of carboxylic acid groups (broad SMARTS) is 1. The number of nitrogens with zero attached hydrogens (tertiary/aromatic N) is 2. The maximum atomic E-state index is 11.6. The number of amides is 1. The molecule has 1 atom stereocenters. The molecule has 0 bridgehead atoms. The molecule has 0 aliphatic carbocycles. The van der Waals surface area contributed by atoms with Crippen LogP contribution in [0.3, 0.4) is 0 Å². The summed E-state index contributed by atoms with van der Waals surface area (Å²) in [5.41, 5.74) is 3.31. The van der Waals surface area contributed by atoms with E-state index in [2.05, 4.69) is 17.0 Å². The summed E-state index contributed by atoms with van der Waals surface area (Å²) in [6, 6.07) is 3.06. The van der Waals surface area contributed by atoms with Crippen molar-refractivity contribution in [1.29, 1.82) is 0 Å². The van der Waals surface area contributed by atoms with E-state index in [0.717, 1.165) is 0 Å². The van der Waals surface area contributed by atoms with Gasteiger partial charge in [0.25, 0.3) is 0 Å². The Bertz CT molecular complexity index is 482. The molecule has 1 heterocycles. The SMILES string of the molecule is C=CC[C@@H](c1cc(NN)ccn1)N(C(=O)O)C(C)(C)C. The second kappa shape index (κ2) is 6.38. The van der Waals surface area contributed by atoms with Crippen molar-refractivity contribution in [3.05, 3.63) is 36.7 Å². The third kappa shape index (κ3) is 3.71. The Hall–Kier alpha value is -2.08. The number of aromatic nitrogens is 1. The smallest absolute Gasteiger partial charge is 0.408 e. The van der Waals surface area contributed by atoms with Crippen LogP contribution < -0.4 is 11.3 Å². The molecule has 1 aromatic rings. The lowest BCUT2D eigenvalue weighted by atomic mass is 9.99. The quantitative estimate of drug-likeness (QED) is 0.437. The number of hydrazine groups is 1. The first-order valence-electron chi connectivity index (χ1n) is 6.37. The summed E-state index contributed by atoms with van der Waals surface area (Å²) in [5.74, 6) is 5.39. The molecule has 0 saturated carbocycles. The maximum absolute atomic E-state index is 11.6. The number of carbonyl (C=O) groups is 1. The summed E-state index contributed by atoms with van der Waals surface area (Å²) in [6.07, 6.45) is 2.78. The topological polar surface area (TPSA) is 91.5 Å². The van der Waals surface area contributed by atoms with Gasteiger partial charge in [0.05, 0.1) is 17.4 Å². The summed E-state index contributed by atoms with van der Waals surface area (Å²) in [5, 5.41) is 9.52. The molecule has 0 aliphatic rings. The van der Waals surface area contributed by atoms with E-state index in [1.807, 2.05) is 20.8 Å². The van der Waals surface area contributed by atoms with Gasteiger partial charge in [0.2, 0.25) is 0 Å². The second-order valence-corrected chi connectivity index (χ2v) is 5.48. The van der Waals surface area contributed by atoms with Crippen LogP contribution in [0.5, 0.6) is 0 Å². The third-order valence-electron chi connectivity index (χ3n) is 2.92. The van der Waals surface area contributed by atoms with Crippen molar-refractivity contribution >= 4 is 11.8 Å². The summed E-state index contributed by atoms with van der Waals surface area (Å²) < 4.78 is 0. The van der Waals surface area contributed by atoms with Crippen molar-refractivity contribution in [2.45, 2.75) is 38.8 Å². The van der Waals surface area contributed by atoms with Crippen LogP contribution in [0, 0.1) is 0 Å². The molecule has 6 nitrogen and oxygen atoms in total. The van der Waals surface area contributed by atoms with Crippen molar-refractivity contribution < 1.29 is 9.90 Å². The van der Waals surface area contributed by atoms with Crippen LogP contribution in [0.25, 0.3) is 0 Å². The highest BCUT2D eigenvalue weighted by Gasteiger charge is 2.34. The number of hydrogen-bond acceptors (Lipinski definition) is 4. The van der Waals surface area contributed by atoms with Crippen molar-refractivity contribution in [3.8, 4) is 0 Å². The van der Waals surface area contributed by atoms with Gasteiger partial charge in [-0.1, -0.05) is 6.08 Å². The summed E-state index contributed by atoms with van der Waals surface area (Å²) in [4.78, 5) is 17.3. The van der Waals surface area contributed by atoms with E-state index in [-0.39, 0.29) is 0 Å². The lowest BCUT2D eigenvalue weighted by Crippen LogP contribution is -2.47. The molecule has 6 heteroatoms. The minimum absolute atomic E-state index is 0.404. The highest BCUT2D eigenvalue weighted by molar-refractivity contribution is 5.67. The molecule has 0 radical (unpaired) electrons. The summed E-state index contributed by atoms with van der Waals surface area (Å²) >= 11 is 0. The molecule has 0 unspecified atom stereocenters. The largest absolute Gasteiger partial charge is 0.465 e. The minimum atomic E-state index is -0.989. The van der Waals surface area contributed by atoms with Crippen LogP contribution in [0.4, 0.5) is 10.5 Å². The molecule has 0 spiro atoms. The van der Waals surface area contributed by atoms with Crippen LogP contribution in [-0.4, -0.2) is 26.6 Å². The molecule has 1 rings (SSSR count). The van der Waals surface area contributed by atoms with E-state index in [4.69, 9.17) is 5.84 Å². The number of nitrogens with two attached hydrogens (primary N) is 1. The third-order valence-corrected chi connectivity index (χ3v) is 2.92. The van der Waals surface area contributed by atoms with Crippen molar-refractivity contribution in [1.82, 2.24) is 9.88 Å². The predicted molar refractivity (Wildman–Crippen MR) is 79.2 cm³/mol. The second-order valence-electron chi connectivity index (χ2n) is 5.48. The number of hydrogen-bond donors (Lipinski definition) is 3. The lowest BCUT2D eigenvalue weighted by molar-refractivity contribution is 0.0691. The van der Waals surface area contributed by atoms with Gasteiger partial charge in [0, 0.05) is 11.7 Å². The standard InChI is InChI=1S/C14H22N4O2/c1-5-6-12(18(13(19)20)14(2,3)4)11-9-10(17-15)7-8-16-11/h5,7-9,12H,1,6,15H2,2-4H3,(H,16,17)(H,19,20)/t12-/m0/s1. The van der Waals surface area contributed by atoms with Crippen molar-refractivity contribution in [2.75, 3.05) is 5.43 Å². The van der Waals surface area contributed by atoms with Crippen molar-refractivity contribution in [3.63, 3.8) is 0 Å². The Labute approximate surface area is 119 Å². The molecule has 1 aromatic heterocycles. The van der Waals surface area contributed by atoms with Crippen LogP contribution >= 0.6 is 0 Å². The fourth-order valence-corrected chi connectivity index (χ4v) is 2.12. The average molecular weight is 278 g/mol. The van der Waals surface area contributed by atoms with Gasteiger partial charge in [-0.25, -0.2) is 4.79 Å². The molecular weight excluding hydrogens is 256 g/mol. The molecule has 20 heavy (non-hydrogen) atoms. The zero-order valence-electron chi connectivity index (χ0n) is 12.1. The zero-order valence-corrected chi connectivity index (χ0v) is 12.1. The number of rotatable bonds is 5. The van der Waals surface area contributed by atoms with Gasteiger partial charge in [-0.15, -0.1) is 6.58 Å². The first-order valence-corrected chi connectivity index (χ1v) is 6.37. The zero-order chi connectivity index (χ0) is 15.3. The van der Waals surface area contributed by atoms with Gasteiger partial charge in [-0.2, -0.15) is 0 Å². The summed E-state index contributed by atoms with van der Waals surface area (Å²) in [7, 11) is 0. The molecule has 0 aliphatic heterocycles. The Morgan fingerprint density at radius 3 is 2.75 bits per heavy atom. The monoisotopic (exact) mass is 278 g/mol. The fourth-order valence-electron chi connectivity index (χ4n) is 2.12. The first-order chi connectivity index (χ1) is 9.31. The van der Waals surface area contributed by atoms with Crippen LogP contribution in [0.2, 0.25) is 0 Å². The molecule has 1 amide bonds. The number of pyridine rings is 1. The minimum Gasteiger partial charge on any atom is -0.465 e. The Kier molecular flexibility index (Phi) is 5.10. The normalized spacial score (nSPS) is 12.6. The van der Waals surface area contributed by atoms with Gasteiger partial charge < -0.3 is 10.5 Å². The van der Waals surface area contributed by atoms with E-state index in [0.29, 0.717) is 17.8 Å². The number of nitrogen functional groups attached to an aromatic ring is 1. The maximum Gasteiger partial charge on any atom is 0.408 e. The molecule has 0 saturated heterocycles. The van der Waals surface area contributed by atoms with Crippen LogP contribution in [0.15, 0.2) is 31.0 Å². The first kappa shape index (κ1) is 16.0. The highest BCUT2D eigenvalue weighted by atomic mass is 16.4.